The van der Waals surface area contributed by atoms with Crippen LogP contribution in [0.15, 0.2) is 24.3 Å². The topological polar surface area (TPSA) is 27.7 Å². The van der Waals surface area contributed by atoms with E-state index in [-0.39, 0.29) is 11.6 Å². The van der Waals surface area contributed by atoms with Gasteiger partial charge in [-0.1, -0.05) is 18.2 Å². The van der Waals surface area contributed by atoms with E-state index in [9.17, 15) is 30.7 Å². The summed E-state index contributed by atoms with van der Waals surface area (Å²) in [5.41, 5.74) is -1.12. The summed E-state index contributed by atoms with van der Waals surface area (Å²) in [6, 6.07) is 3.76. The summed E-state index contributed by atoms with van der Waals surface area (Å²) in [5.74, 6) is -5.18. The second-order valence-electron chi connectivity index (χ2n) is 4.75. The minimum absolute atomic E-state index is 0.0575. The maximum absolute atomic E-state index is 13.8. The third-order valence-corrected chi connectivity index (χ3v) is 4.78. The molecular weight excluding hydrogens is 377 g/mol. The molecule has 1 aromatic rings. The van der Waals surface area contributed by atoms with Crippen molar-refractivity contribution in [3.8, 4) is 0 Å². The van der Waals surface area contributed by atoms with Gasteiger partial charge in [-0.3, -0.25) is 0 Å². The van der Waals surface area contributed by atoms with Gasteiger partial charge in [-0.2, -0.15) is 17.6 Å². The Balaban J connectivity index is 3.05. The number of rotatable bonds is 9. The normalized spacial score (nSPS) is 13.5. The molecule has 0 atom stereocenters. The lowest BCUT2D eigenvalue weighted by Crippen LogP contribution is -2.44. The average molecular weight is 393 g/mol. The molecule has 0 amide bonds. The molecule has 0 bridgehead atoms. The summed E-state index contributed by atoms with van der Waals surface area (Å²) in [7, 11) is -1.87. The summed E-state index contributed by atoms with van der Waals surface area (Å²) >= 11 is 0. The molecule has 1 rings (SSSR count). The predicted octanol–water partition coefficient (Wildman–Crippen LogP) is 4.55. The highest BCUT2D eigenvalue weighted by atomic mass is 28.3. The van der Waals surface area contributed by atoms with Crippen LogP contribution in [0.5, 0.6) is 0 Å². The number of ether oxygens (including phenoxy) is 1. The molecule has 0 saturated carbocycles. The summed E-state index contributed by atoms with van der Waals surface area (Å²) in [6.45, 7) is 4.01. The van der Waals surface area contributed by atoms with Gasteiger partial charge < -0.3 is 8.85 Å². The summed E-state index contributed by atoms with van der Waals surface area (Å²) < 4.78 is 103. The van der Waals surface area contributed by atoms with Crippen molar-refractivity contribution in [1.29, 1.82) is 0 Å². The quantitative estimate of drug-likeness (QED) is 0.455. The minimum Gasteiger partial charge on any atom is -0.393 e. The van der Waals surface area contributed by atoms with Crippen LogP contribution in [0.4, 0.5) is 30.7 Å². The van der Waals surface area contributed by atoms with E-state index in [1.54, 1.807) is 13.8 Å². The molecule has 11 heteroatoms. The first-order valence-electron chi connectivity index (χ1n) is 7.16. The zero-order valence-corrected chi connectivity index (χ0v) is 14.3. The van der Waals surface area contributed by atoms with E-state index in [0.29, 0.717) is 25.3 Å². The van der Waals surface area contributed by atoms with Gasteiger partial charge in [-0.25, -0.2) is 4.74 Å². The van der Waals surface area contributed by atoms with E-state index in [2.05, 4.69) is 4.74 Å². The zero-order chi connectivity index (χ0) is 19.3. The first-order valence-corrected chi connectivity index (χ1v) is 8.68. The fourth-order valence-corrected chi connectivity index (χ4v) is 3.37. The lowest BCUT2D eigenvalue weighted by molar-refractivity contribution is -0.469. The van der Waals surface area contributed by atoms with Crippen molar-refractivity contribution in [1.82, 2.24) is 0 Å². The Hall–Kier alpha value is -1.17. The van der Waals surface area contributed by atoms with Gasteiger partial charge in [0.25, 0.3) is 0 Å². The third-order valence-electron chi connectivity index (χ3n) is 2.86. The molecule has 3 nitrogen and oxygen atoms in total. The molecule has 1 aromatic carbocycles. The monoisotopic (exact) mass is 393 g/mol. The molecule has 0 aromatic heterocycles. The van der Waals surface area contributed by atoms with E-state index in [1.165, 1.54) is 6.07 Å². The molecule has 25 heavy (non-hydrogen) atoms. The van der Waals surface area contributed by atoms with Crippen molar-refractivity contribution in [3.05, 3.63) is 35.4 Å². The Morgan fingerprint density at radius 1 is 0.920 bits per heavy atom. The van der Waals surface area contributed by atoms with Crippen LogP contribution < -0.4 is 0 Å². The fourth-order valence-electron chi connectivity index (χ4n) is 1.89. The number of halogens is 7. The van der Waals surface area contributed by atoms with Crippen LogP contribution in [0.25, 0.3) is 0 Å². The maximum Gasteiger partial charge on any atom is 0.527 e. The van der Waals surface area contributed by atoms with Crippen LogP contribution in [-0.4, -0.2) is 35.0 Å². The summed E-state index contributed by atoms with van der Waals surface area (Å²) in [6.07, 6.45) is -11.7. The van der Waals surface area contributed by atoms with Crippen LogP contribution in [0.2, 0.25) is 0 Å². The van der Waals surface area contributed by atoms with Gasteiger partial charge in [-0.05, 0) is 25.5 Å². The smallest absolute Gasteiger partial charge is 0.393 e. The second kappa shape index (κ2) is 8.47. The molecular formula is C14H16F7O3Si. The van der Waals surface area contributed by atoms with Gasteiger partial charge in [0.05, 0.1) is 0 Å². The fraction of sp³-hybridized carbons (Fsp3) is 0.571. The minimum atomic E-state index is -5.91. The van der Waals surface area contributed by atoms with Crippen LogP contribution in [0, 0.1) is 0 Å². The molecule has 0 aliphatic heterocycles. The summed E-state index contributed by atoms with van der Waals surface area (Å²) in [4.78, 5) is 0. The molecule has 0 N–H and O–H groups in total. The van der Waals surface area contributed by atoms with Gasteiger partial charge in [-0.15, -0.1) is 13.2 Å². The van der Waals surface area contributed by atoms with Crippen LogP contribution >= 0.6 is 0 Å². The van der Waals surface area contributed by atoms with E-state index in [4.69, 9.17) is 8.85 Å². The first-order chi connectivity index (χ1) is 11.4. The molecule has 143 valence electrons. The Kier molecular flexibility index (Phi) is 7.41. The third kappa shape index (κ3) is 6.24. The zero-order valence-electron chi connectivity index (χ0n) is 13.3. The van der Waals surface area contributed by atoms with Gasteiger partial charge in [0.1, 0.15) is 0 Å². The van der Waals surface area contributed by atoms with Gasteiger partial charge in [0.2, 0.25) is 0 Å². The highest BCUT2D eigenvalue weighted by Crippen LogP contribution is 2.46. The first kappa shape index (κ1) is 21.9. The second-order valence-corrected chi connectivity index (χ2v) is 6.43. The molecule has 0 aliphatic carbocycles. The summed E-state index contributed by atoms with van der Waals surface area (Å²) in [5, 5.41) is 0. The van der Waals surface area contributed by atoms with Gasteiger partial charge in [0.15, 0.2) is 0 Å². The SMILES string of the molecule is CCO[Si](Cc1cccc(C(F)(F)C(F)(F)OC(F)(F)F)c1)OCC. The van der Waals surface area contributed by atoms with Crippen molar-refractivity contribution in [2.24, 2.45) is 0 Å². The highest BCUT2D eigenvalue weighted by Gasteiger charge is 2.63. The van der Waals surface area contributed by atoms with Crippen molar-refractivity contribution >= 4 is 9.28 Å². The number of hydrogen-bond donors (Lipinski definition) is 0. The average Bonchev–Trinajstić information content (AvgIpc) is 2.45. The van der Waals surface area contributed by atoms with Gasteiger partial charge in [0, 0.05) is 24.8 Å². The predicted molar refractivity (Wildman–Crippen MR) is 75.1 cm³/mol. The van der Waals surface area contributed by atoms with E-state index in [1.807, 2.05) is 0 Å². The largest absolute Gasteiger partial charge is 0.527 e. The van der Waals surface area contributed by atoms with Crippen molar-refractivity contribution in [3.63, 3.8) is 0 Å². The molecule has 0 spiro atoms. The highest BCUT2D eigenvalue weighted by molar-refractivity contribution is 6.43. The molecule has 0 unspecified atom stereocenters. The Labute approximate surface area is 141 Å². The maximum atomic E-state index is 13.8. The van der Waals surface area contributed by atoms with Crippen molar-refractivity contribution in [2.75, 3.05) is 13.2 Å². The lowest BCUT2D eigenvalue weighted by atomic mass is 10.1. The van der Waals surface area contributed by atoms with E-state index in [0.717, 1.165) is 6.07 Å². The standard InChI is InChI=1S/C14H16F7O3Si/c1-3-22-25(23-4-2)9-10-6-5-7-11(8-10)12(15,16)13(17,18)24-14(19,20)21/h5-8H,3-4,9H2,1-2H3. The molecule has 0 aliphatic rings. The molecule has 0 heterocycles. The Morgan fingerprint density at radius 2 is 1.48 bits per heavy atom. The Morgan fingerprint density at radius 3 is 1.96 bits per heavy atom. The molecule has 1 radical (unpaired) electrons. The van der Waals surface area contributed by atoms with E-state index >= 15 is 0 Å². The van der Waals surface area contributed by atoms with Crippen LogP contribution in [-0.2, 0) is 25.6 Å². The van der Waals surface area contributed by atoms with Crippen LogP contribution in [0.1, 0.15) is 25.0 Å². The number of alkyl halides is 7. The number of benzene rings is 1. The van der Waals surface area contributed by atoms with Crippen LogP contribution in [0.3, 0.4) is 0 Å². The molecule has 0 saturated heterocycles. The van der Waals surface area contributed by atoms with Crippen molar-refractivity contribution in [2.45, 2.75) is 38.3 Å². The molecule has 0 fully saturated rings. The van der Waals surface area contributed by atoms with E-state index < -0.39 is 33.2 Å². The number of hydrogen-bond acceptors (Lipinski definition) is 3. The Bertz CT molecular complexity index is 545. The van der Waals surface area contributed by atoms with Gasteiger partial charge >= 0.3 is 27.7 Å². The van der Waals surface area contributed by atoms with Crippen molar-refractivity contribution < 1.29 is 44.3 Å². The lowest BCUT2D eigenvalue weighted by Gasteiger charge is -2.27.